The first-order valence-electron chi connectivity index (χ1n) is 22.0. The quantitative estimate of drug-likeness (QED) is 0.106. The van der Waals surface area contributed by atoms with Gasteiger partial charge in [-0.3, -0.25) is 0 Å². The summed E-state index contributed by atoms with van der Waals surface area (Å²) in [6, 6.07) is 88.0. The molecule has 1 aliphatic rings. The van der Waals surface area contributed by atoms with Crippen molar-refractivity contribution in [3.05, 3.63) is 254 Å². The van der Waals surface area contributed by atoms with Gasteiger partial charge in [0, 0.05) is 33.5 Å². The molecule has 0 atom stereocenters. The van der Waals surface area contributed by atoms with Crippen molar-refractivity contribution in [2.45, 2.75) is 0 Å². The molecule has 0 aliphatic heterocycles. The molecule has 0 saturated heterocycles. The van der Waals surface area contributed by atoms with E-state index in [4.69, 9.17) is 0 Å². The van der Waals surface area contributed by atoms with Crippen molar-refractivity contribution in [1.29, 1.82) is 0 Å². The van der Waals surface area contributed by atoms with Crippen molar-refractivity contribution in [2.75, 3.05) is 9.80 Å². The van der Waals surface area contributed by atoms with Crippen molar-refractivity contribution in [3.8, 4) is 33.4 Å². The maximum atomic E-state index is 2.48. The summed E-state index contributed by atoms with van der Waals surface area (Å²) in [6.45, 7) is 0. The van der Waals surface area contributed by atoms with Crippen LogP contribution in [-0.4, -0.2) is 0 Å². The van der Waals surface area contributed by atoms with Crippen molar-refractivity contribution in [1.82, 2.24) is 0 Å². The fraction of sp³-hybridized carbons (Fsp3) is 0. The van der Waals surface area contributed by atoms with E-state index in [1.54, 1.807) is 0 Å². The highest BCUT2D eigenvalue weighted by atomic mass is 15.1. The number of benzene rings is 11. The maximum Gasteiger partial charge on any atom is 0.0546 e. The largest absolute Gasteiger partial charge is 0.311 e. The Kier molecular flexibility index (Phi) is 9.20. The molecule has 0 heterocycles. The van der Waals surface area contributed by atoms with E-state index < -0.39 is 0 Å². The number of anilines is 6. The third kappa shape index (κ3) is 6.52. The van der Waals surface area contributed by atoms with E-state index in [1.165, 1.54) is 65.7 Å². The Morgan fingerprint density at radius 3 is 1.38 bits per heavy atom. The topological polar surface area (TPSA) is 6.48 Å². The van der Waals surface area contributed by atoms with Gasteiger partial charge in [-0.2, -0.15) is 0 Å². The first-order valence-corrected chi connectivity index (χ1v) is 22.0. The number of rotatable bonds is 9. The molecule has 0 aromatic heterocycles. The zero-order valence-electron chi connectivity index (χ0n) is 35.1. The van der Waals surface area contributed by atoms with Gasteiger partial charge in [-0.25, -0.2) is 0 Å². The van der Waals surface area contributed by atoms with Crippen molar-refractivity contribution < 1.29 is 0 Å². The minimum Gasteiger partial charge on any atom is -0.311 e. The molecule has 2 heteroatoms. The average Bonchev–Trinajstić information content (AvgIpc) is 3.70. The zero-order chi connectivity index (χ0) is 42.4. The Hall–Kier alpha value is -8.46. The number of hydrogen-bond donors (Lipinski definition) is 0. The predicted octanol–water partition coefficient (Wildman–Crippen LogP) is 17.6. The van der Waals surface area contributed by atoms with Crippen molar-refractivity contribution in [2.24, 2.45) is 0 Å². The lowest BCUT2D eigenvalue weighted by Crippen LogP contribution is -2.11. The number of fused-ring (bicyclic) bond motifs is 6. The van der Waals surface area contributed by atoms with E-state index in [2.05, 4.69) is 265 Å². The second kappa shape index (κ2) is 15.8. The Morgan fingerprint density at radius 1 is 0.266 bits per heavy atom. The maximum absolute atomic E-state index is 2.48. The molecule has 0 bridgehead atoms. The third-order valence-electron chi connectivity index (χ3n) is 12.8. The summed E-state index contributed by atoms with van der Waals surface area (Å²) in [4.78, 5) is 4.76. The minimum atomic E-state index is 1.11. The molecule has 0 spiro atoms. The van der Waals surface area contributed by atoms with Crippen molar-refractivity contribution >= 4 is 78.6 Å². The van der Waals surface area contributed by atoms with Gasteiger partial charge in [0.15, 0.2) is 0 Å². The first-order chi connectivity index (χ1) is 31.7. The summed E-state index contributed by atoms with van der Waals surface area (Å²) < 4.78 is 0. The molecule has 2 nitrogen and oxygen atoms in total. The van der Waals surface area contributed by atoms with Crippen LogP contribution in [0.3, 0.4) is 0 Å². The fourth-order valence-electron chi connectivity index (χ4n) is 9.73. The highest BCUT2D eigenvalue weighted by Crippen LogP contribution is 2.52. The van der Waals surface area contributed by atoms with Crippen LogP contribution in [0, 0.1) is 0 Å². The average molecular weight is 815 g/mol. The summed E-state index contributed by atoms with van der Waals surface area (Å²) in [7, 11) is 0. The lowest BCUT2D eigenvalue weighted by molar-refractivity contribution is 1.28. The predicted molar refractivity (Wildman–Crippen MR) is 274 cm³/mol. The van der Waals surface area contributed by atoms with Gasteiger partial charge in [-0.1, -0.05) is 194 Å². The second-order valence-corrected chi connectivity index (χ2v) is 16.5. The lowest BCUT2D eigenvalue weighted by atomic mass is 9.97. The normalized spacial score (nSPS) is 11.7. The summed E-state index contributed by atoms with van der Waals surface area (Å²) in [5, 5.41) is 7.51. The number of para-hydroxylation sites is 2. The Balaban J connectivity index is 0.872. The van der Waals surface area contributed by atoms with E-state index >= 15 is 0 Å². The fourth-order valence-corrected chi connectivity index (χ4v) is 9.73. The smallest absolute Gasteiger partial charge is 0.0546 e. The zero-order valence-corrected chi connectivity index (χ0v) is 35.1. The van der Waals surface area contributed by atoms with E-state index in [1.807, 2.05) is 0 Å². The molecule has 0 unspecified atom stereocenters. The van der Waals surface area contributed by atoms with Gasteiger partial charge >= 0.3 is 0 Å². The lowest BCUT2D eigenvalue weighted by Gasteiger charge is -2.29. The molecule has 11 aromatic carbocycles. The van der Waals surface area contributed by atoms with E-state index in [0.29, 0.717) is 0 Å². The number of nitrogens with zero attached hydrogens (tertiary/aromatic N) is 2. The molecule has 64 heavy (non-hydrogen) atoms. The van der Waals surface area contributed by atoms with Crippen LogP contribution in [-0.2, 0) is 0 Å². The van der Waals surface area contributed by atoms with Gasteiger partial charge in [0.1, 0.15) is 0 Å². The monoisotopic (exact) mass is 814 g/mol. The Bertz CT molecular complexity index is 3450. The summed E-state index contributed by atoms with van der Waals surface area (Å²) in [5.41, 5.74) is 16.7. The molecule has 0 amide bonds. The summed E-state index contributed by atoms with van der Waals surface area (Å²) >= 11 is 0. The van der Waals surface area contributed by atoms with Gasteiger partial charge < -0.3 is 9.80 Å². The van der Waals surface area contributed by atoms with Gasteiger partial charge in [0.25, 0.3) is 0 Å². The van der Waals surface area contributed by atoms with Crippen LogP contribution < -0.4 is 9.80 Å². The molecule has 0 fully saturated rings. The van der Waals surface area contributed by atoms with Gasteiger partial charge in [0.2, 0.25) is 0 Å². The van der Waals surface area contributed by atoms with Gasteiger partial charge in [-0.15, -0.1) is 0 Å². The molecule has 0 radical (unpaired) electrons. The van der Waals surface area contributed by atoms with Crippen LogP contribution in [0.25, 0.3) is 77.9 Å². The van der Waals surface area contributed by atoms with E-state index in [9.17, 15) is 0 Å². The third-order valence-corrected chi connectivity index (χ3v) is 12.8. The highest BCUT2D eigenvalue weighted by Gasteiger charge is 2.26. The van der Waals surface area contributed by atoms with Crippen LogP contribution in [0.2, 0.25) is 0 Å². The molecular weight excluding hydrogens is 773 g/mol. The van der Waals surface area contributed by atoms with Crippen LogP contribution in [0.1, 0.15) is 11.1 Å². The SMILES string of the molecule is C(=Cc1ccc(N(c2ccccc2)c2ccccc2)cc1)c1ccc(-c2ccc(N(c3ccc4c5c(cccc35)-c3ccccc3-4)c3cc4ccccc4c4ccccc34)cc2)cc1. The molecule has 1 aliphatic carbocycles. The van der Waals surface area contributed by atoms with Crippen LogP contribution >= 0.6 is 0 Å². The Labute approximate surface area is 373 Å². The van der Waals surface area contributed by atoms with Gasteiger partial charge in [0.05, 0.1) is 11.4 Å². The van der Waals surface area contributed by atoms with E-state index in [-0.39, 0.29) is 0 Å². The highest BCUT2D eigenvalue weighted by molar-refractivity contribution is 6.21. The standard InChI is InChI=1S/C62H42N2/c1-3-15-48(16-4-1)63(49-17-5-2-6-18-49)50-36-30-44(31-37-50)27-26-43-28-32-45(33-29-43)46-34-38-51(39-35-46)64(61-42-47-14-7-8-19-52(47)53-20-11-12-23-56(53)61)60-41-40-58-55-22-10-9-21-54(55)57-24-13-25-59(60)62(57)58/h1-42H. The molecule has 12 rings (SSSR count). The van der Waals surface area contributed by atoms with Crippen LogP contribution in [0.5, 0.6) is 0 Å². The van der Waals surface area contributed by atoms with Crippen LogP contribution in [0.15, 0.2) is 243 Å². The molecular formula is C62H42N2. The van der Waals surface area contributed by atoms with Crippen LogP contribution in [0.4, 0.5) is 34.1 Å². The number of hydrogen-bond acceptors (Lipinski definition) is 2. The summed E-state index contributed by atoms with van der Waals surface area (Å²) in [5.74, 6) is 0. The molecule has 0 saturated carbocycles. The molecule has 0 N–H and O–H groups in total. The second-order valence-electron chi connectivity index (χ2n) is 16.5. The van der Waals surface area contributed by atoms with E-state index in [0.717, 1.165) is 45.3 Å². The molecule has 11 aromatic rings. The Morgan fingerprint density at radius 2 is 0.719 bits per heavy atom. The first kappa shape index (κ1) is 37.3. The molecule has 300 valence electrons. The minimum absolute atomic E-state index is 1.11. The summed E-state index contributed by atoms with van der Waals surface area (Å²) in [6.07, 6.45) is 4.38. The van der Waals surface area contributed by atoms with Gasteiger partial charge in [-0.05, 0) is 127 Å². The van der Waals surface area contributed by atoms with Crippen molar-refractivity contribution in [3.63, 3.8) is 0 Å².